The predicted molar refractivity (Wildman–Crippen MR) is 272 cm³/mol. The van der Waals surface area contributed by atoms with Gasteiger partial charge in [-0.3, -0.25) is 0 Å². The Morgan fingerprint density at radius 3 is 1.50 bits per heavy atom. The topological polar surface area (TPSA) is 21.9 Å². The van der Waals surface area contributed by atoms with Crippen LogP contribution in [0.15, 0.2) is 212 Å². The summed E-state index contributed by atoms with van der Waals surface area (Å²) in [4.78, 5) is 0. The Hall–Kier alpha value is -8.40. The maximum absolute atomic E-state index is 4.12. The number of hydrogen-bond donors (Lipinski definition) is 1. The van der Waals surface area contributed by atoms with Crippen LogP contribution in [0.1, 0.15) is 17.2 Å². The first-order valence-electron chi connectivity index (χ1n) is 22.3. The second-order valence-corrected chi connectivity index (χ2v) is 17.7. The van der Waals surface area contributed by atoms with Gasteiger partial charge in [-0.15, -0.1) is 0 Å². The fourth-order valence-corrected chi connectivity index (χ4v) is 11.6. The Morgan fingerprint density at radius 1 is 0.359 bits per heavy atom. The number of nitrogens with zero attached hydrogens (tertiary/aromatic N) is 2. The van der Waals surface area contributed by atoms with Gasteiger partial charge < -0.3 is 14.5 Å². The number of aromatic nitrogens is 2. The Morgan fingerprint density at radius 2 is 0.875 bits per heavy atom. The molecule has 1 N–H and O–H groups in total. The summed E-state index contributed by atoms with van der Waals surface area (Å²) >= 11 is 0. The zero-order chi connectivity index (χ0) is 41.6. The second kappa shape index (κ2) is 12.6. The minimum absolute atomic E-state index is 0.121. The maximum Gasteiger partial charge on any atom is 0.0721 e. The third kappa shape index (κ3) is 4.65. The van der Waals surface area contributed by atoms with Crippen LogP contribution in [0.3, 0.4) is 0 Å². The van der Waals surface area contributed by atoms with E-state index in [1.165, 1.54) is 119 Å². The summed E-state index contributed by atoms with van der Waals surface area (Å²) in [6, 6.07) is 74.4. The van der Waals surface area contributed by atoms with E-state index < -0.39 is 0 Å². The molecule has 296 valence electrons. The van der Waals surface area contributed by atoms with Crippen LogP contribution in [0, 0.1) is 0 Å². The Balaban J connectivity index is 1.03. The number of hydrogen-bond acceptors (Lipinski definition) is 1. The second-order valence-electron chi connectivity index (χ2n) is 17.7. The molecule has 1 unspecified atom stereocenters. The smallest absolute Gasteiger partial charge is 0.0721 e. The van der Waals surface area contributed by atoms with Gasteiger partial charge in [0.2, 0.25) is 0 Å². The highest BCUT2D eigenvalue weighted by atomic mass is 15.0. The highest BCUT2D eigenvalue weighted by Crippen LogP contribution is 2.45. The van der Waals surface area contributed by atoms with Crippen LogP contribution in [0.4, 0.5) is 0 Å². The van der Waals surface area contributed by atoms with E-state index in [-0.39, 0.29) is 6.04 Å². The highest BCUT2D eigenvalue weighted by molar-refractivity contribution is 6.28. The molecule has 14 aromatic rings. The molecule has 2 aromatic heterocycles. The summed E-state index contributed by atoms with van der Waals surface area (Å²) in [5.74, 6) is 0. The molecule has 0 bridgehead atoms. The van der Waals surface area contributed by atoms with Gasteiger partial charge in [0, 0.05) is 38.6 Å². The van der Waals surface area contributed by atoms with Gasteiger partial charge in [-0.05, 0) is 143 Å². The normalized spacial score (nSPS) is 14.7. The molecule has 3 heterocycles. The Kier molecular flexibility index (Phi) is 6.73. The summed E-state index contributed by atoms with van der Waals surface area (Å²) in [5, 5.41) is 24.6. The fraction of sp³-hybridized carbons (Fsp3) is 0.0164. The Labute approximate surface area is 367 Å². The van der Waals surface area contributed by atoms with Crippen LogP contribution in [0.2, 0.25) is 0 Å². The van der Waals surface area contributed by atoms with Gasteiger partial charge in [-0.2, -0.15) is 0 Å². The zero-order valence-electron chi connectivity index (χ0n) is 34.7. The third-order valence-corrected chi connectivity index (χ3v) is 14.3. The summed E-state index contributed by atoms with van der Waals surface area (Å²) in [7, 11) is 0. The molecular formula is C61H37N3. The molecule has 64 heavy (non-hydrogen) atoms. The van der Waals surface area contributed by atoms with Crippen molar-refractivity contribution in [3.8, 4) is 5.69 Å². The lowest BCUT2D eigenvalue weighted by Gasteiger charge is -2.27. The lowest BCUT2D eigenvalue weighted by molar-refractivity contribution is 0.764. The van der Waals surface area contributed by atoms with Gasteiger partial charge in [0.15, 0.2) is 0 Å². The molecule has 1 atom stereocenters. The molecule has 1 aliphatic heterocycles. The zero-order valence-corrected chi connectivity index (χ0v) is 34.7. The fourth-order valence-electron chi connectivity index (χ4n) is 11.6. The van der Waals surface area contributed by atoms with Gasteiger partial charge in [-0.25, -0.2) is 0 Å². The van der Waals surface area contributed by atoms with Crippen molar-refractivity contribution in [3.63, 3.8) is 0 Å². The van der Waals surface area contributed by atoms with Crippen molar-refractivity contribution in [1.82, 2.24) is 14.5 Å². The number of rotatable bonds is 4. The van der Waals surface area contributed by atoms with Crippen LogP contribution in [-0.2, 0) is 0 Å². The van der Waals surface area contributed by atoms with E-state index in [2.05, 4.69) is 227 Å². The highest BCUT2D eigenvalue weighted by Gasteiger charge is 2.26. The molecule has 3 nitrogen and oxygen atoms in total. The van der Waals surface area contributed by atoms with Gasteiger partial charge >= 0.3 is 0 Å². The molecule has 3 heteroatoms. The molecule has 0 saturated carbocycles. The lowest BCUT2D eigenvalue weighted by atomic mass is 9.89. The van der Waals surface area contributed by atoms with Gasteiger partial charge in [-0.1, -0.05) is 146 Å². The molecule has 12 aromatic carbocycles. The van der Waals surface area contributed by atoms with Crippen molar-refractivity contribution >= 4 is 120 Å². The first-order valence-corrected chi connectivity index (χ1v) is 22.3. The molecule has 0 spiro atoms. The summed E-state index contributed by atoms with van der Waals surface area (Å²) < 4.78 is 4.98. The largest absolute Gasteiger partial charge is 0.374 e. The predicted octanol–water partition coefficient (Wildman–Crippen LogP) is 15.9. The SMILES string of the molecule is C1=C(c2cc3ccc4cccc5ccc(c2)c3c45)NC(c2cc3ccc4cccc5ccc(c2)c3c45)C=C1n1c2ccccc2c2ccc3c(c4ccccc4n3-c3ccccc3)c21. The first-order chi connectivity index (χ1) is 31.7. The number of para-hydroxylation sites is 3. The van der Waals surface area contributed by atoms with Crippen molar-refractivity contribution in [2.24, 2.45) is 0 Å². The summed E-state index contributed by atoms with van der Waals surface area (Å²) in [6.45, 7) is 0. The Bertz CT molecular complexity index is 4200. The molecular weight excluding hydrogens is 775 g/mol. The van der Waals surface area contributed by atoms with E-state index in [0.717, 1.165) is 17.1 Å². The number of allylic oxidation sites excluding steroid dienone is 2. The number of fused-ring (bicyclic) bond motifs is 7. The molecule has 0 saturated heterocycles. The standard InChI is InChI=1S/C61H37N3/c1-2-14-46(15-3-1)63-54-19-7-5-17-50(54)60-55(63)29-28-49-48-16-4-6-18-53(48)64(61(49)60)47-34-51(44-30-40-24-20-36-10-8-11-37-21-25-41(31-44)58(40)56(36)37)62-52(35-47)45-32-42-26-22-38-12-9-13-39-23-27-43(33-45)59(42)57(38)39/h1-35,51,62H. The van der Waals surface area contributed by atoms with Crippen LogP contribution in [0.25, 0.3) is 125 Å². The van der Waals surface area contributed by atoms with Crippen molar-refractivity contribution in [1.29, 1.82) is 0 Å². The lowest BCUT2D eigenvalue weighted by Crippen LogP contribution is -2.23. The van der Waals surface area contributed by atoms with Crippen molar-refractivity contribution in [3.05, 3.63) is 223 Å². The number of benzene rings is 12. The van der Waals surface area contributed by atoms with Crippen molar-refractivity contribution in [2.75, 3.05) is 0 Å². The van der Waals surface area contributed by atoms with Gasteiger partial charge in [0.05, 0.1) is 28.1 Å². The minimum atomic E-state index is -0.121. The molecule has 0 aliphatic carbocycles. The first kappa shape index (κ1) is 34.2. The van der Waals surface area contributed by atoms with Crippen LogP contribution >= 0.6 is 0 Å². The number of nitrogens with one attached hydrogen (secondary N) is 1. The molecule has 15 rings (SSSR count). The van der Waals surface area contributed by atoms with Gasteiger partial charge in [0.1, 0.15) is 0 Å². The van der Waals surface area contributed by atoms with Crippen LogP contribution < -0.4 is 5.32 Å². The minimum Gasteiger partial charge on any atom is -0.374 e. The molecule has 0 fully saturated rings. The molecule has 0 radical (unpaired) electrons. The van der Waals surface area contributed by atoms with E-state index in [0.29, 0.717) is 0 Å². The molecule has 0 amide bonds. The van der Waals surface area contributed by atoms with E-state index >= 15 is 0 Å². The van der Waals surface area contributed by atoms with Gasteiger partial charge in [0.25, 0.3) is 0 Å². The van der Waals surface area contributed by atoms with E-state index in [4.69, 9.17) is 0 Å². The maximum atomic E-state index is 4.12. The molecule has 1 aliphatic rings. The average Bonchev–Trinajstić information content (AvgIpc) is 3.88. The van der Waals surface area contributed by atoms with E-state index in [9.17, 15) is 0 Å². The van der Waals surface area contributed by atoms with Crippen LogP contribution in [-0.4, -0.2) is 9.13 Å². The van der Waals surface area contributed by atoms with E-state index in [1.807, 2.05) is 0 Å². The van der Waals surface area contributed by atoms with Crippen LogP contribution in [0.5, 0.6) is 0 Å². The number of dihydropyridines is 1. The van der Waals surface area contributed by atoms with Crippen molar-refractivity contribution < 1.29 is 0 Å². The quantitative estimate of drug-likeness (QED) is 0.176. The summed E-state index contributed by atoms with van der Waals surface area (Å²) in [5.41, 5.74) is 10.6. The monoisotopic (exact) mass is 811 g/mol. The third-order valence-electron chi connectivity index (χ3n) is 14.3. The van der Waals surface area contributed by atoms with E-state index in [1.54, 1.807) is 0 Å². The average molecular weight is 812 g/mol. The summed E-state index contributed by atoms with van der Waals surface area (Å²) in [6.07, 6.45) is 4.86. The van der Waals surface area contributed by atoms with Crippen molar-refractivity contribution in [2.45, 2.75) is 6.04 Å².